The number of methoxy groups -OCH3 is 1. The van der Waals surface area contributed by atoms with Crippen LogP contribution in [0.3, 0.4) is 0 Å². The fraction of sp³-hybridized carbons (Fsp3) is 0.227. The molecule has 2 amide bonds. The maximum atomic E-state index is 12.7. The fourth-order valence-corrected chi connectivity index (χ4v) is 3.05. The summed E-state index contributed by atoms with van der Waals surface area (Å²) in [4.78, 5) is 37.3. The molecule has 0 fully saturated rings. The Kier molecular flexibility index (Phi) is 6.69. The minimum Gasteiger partial charge on any atom is -0.497 e. The Morgan fingerprint density at radius 1 is 1.00 bits per heavy atom. The third-order valence-corrected chi connectivity index (χ3v) is 4.43. The van der Waals surface area contributed by atoms with E-state index in [4.69, 9.17) is 14.2 Å². The summed E-state index contributed by atoms with van der Waals surface area (Å²) in [5.74, 6) is -0.713. The highest BCUT2D eigenvalue weighted by molar-refractivity contribution is 5.95. The zero-order valence-electron chi connectivity index (χ0n) is 16.6. The van der Waals surface area contributed by atoms with Gasteiger partial charge in [-0.05, 0) is 30.7 Å². The summed E-state index contributed by atoms with van der Waals surface area (Å²) in [5, 5.41) is 5.28. The predicted octanol–water partition coefficient (Wildman–Crippen LogP) is 2.72. The molecule has 0 spiro atoms. The zero-order chi connectivity index (χ0) is 21.5. The second-order valence-electron chi connectivity index (χ2n) is 6.36. The summed E-state index contributed by atoms with van der Waals surface area (Å²) in [7, 11) is 1.50. The quantitative estimate of drug-likeness (QED) is 0.681. The van der Waals surface area contributed by atoms with Gasteiger partial charge in [-0.25, -0.2) is 14.4 Å². The predicted molar refractivity (Wildman–Crippen MR) is 108 cm³/mol. The van der Waals surface area contributed by atoms with Crippen molar-refractivity contribution in [3.05, 3.63) is 77.0 Å². The first-order chi connectivity index (χ1) is 14.5. The lowest BCUT2D eigenvalue weighted by Crippen LogP contribution is -2.47. The van der Waals surface area contributed by atoms with Gasteiger partial charge in [0.1, 0.15) is 12.4 Å². The summed E-state index contributed by atoms with van der Waals surface area (Å²) in [6, 6.07) is 14.3. The van der Waals surface area contributed by atoms with E-state index < -0.39 is 24.0 Å². The SMILES string of the molecule is CCOC(=O)C1=C(COC(=O)c2cccc(OC)c2)NC(=O)N[C@@H]1c1ccccc1. The van der Waals surface area contributed by atoms with Crippen molar-refractivity contribution in [3.63, 3.8) is 0 Å². The van der Waals surface area contributed by atoms with Gasteiger partial charge in [0, 0.05) is 0 Å². The Hall–Kier alpha value is -3.81. The Morgan fingerprint density at radius 2 is 1.77 bits per heavy atom. The number of carbonyl (C=O) groups is 3. The fourth-order valence-electron chi connectivity index (χ4n) is 3.05. The van der Waals surface area contributed by atoms with Crippen molar-refractivity contribution in [2.75, 3.05) is 20.3 Å². The van der Waals surface area contributed by atoms with Crippen LogP contribution in [0.2, 0.25) is 0 Å². The van der Waals surface area contributed by atoms with E-state index in [1.807, 2.05) is 6.07 Å². The van der Waals surface area contributed by atoms with Gasteiger partial charge in [-0.1, -0.05) is 36.4 Å². The molecule has 0 aliphatic carbocycles. The third-order valence-electron chi connectivity index (χ3n) is 4.43. The lowest BCUT2D eigenvalue weighted by molar-refractivity contribution is -0.139. The van der Waals surface area contributed by atoms with Crippen LogP contribution in [-0.2, 0) is 14.3 Å². The van der Waals surface area contributed by atoms with Gasteiger partial charge in [0.2, 0.25) is 0 Å². The largest absolute Gasteiger partial charge is 0.497 e. The van der Waals surface area contributed by atoms with Crippen LogP contribution in [0.15, 0.2) is 65.9 Å². The molecule has 8 heteroatoms. The van der Waals surface area contributed by atoms with Gasteiger partial charge in [0.25, 0.3) is 0 Å². The lowest BCUT2D eigenvalue weighted by Gasteiger charge is -2.29. The van der Waals surface area contributed by atoms with E-state index in [2.05, 4.69) is 10.6 Å². The van der Waals surface area contributed by atoms with Gasteiger partial charge in [-0.2, -0.15) is 0 Å². The maximum Gasteiger partial charge on any atom is 0.338 e. The zero-order valence-corrected chi connectivity index (χ0v) is 16.6. The second kappa shape index (κ2) is 9.60. The van der Waals surface area contributed by atoms with Crippen LogP contribution in [0.25, 0.3) is 0 Å². The van der Waals surface area contributed by atoms with Crippen LogP contribution in [0.4, 0.5) is 4.79 Å². The Morgan fingerprint density at radius 3 is 2.47 bits per heavy atom. The van der Waals surface area contributed by atoms with Crippen LogP contribution in [0.1, 0.15) is 28.9 Å². The molecular formula is C22H22N2O6. The van der Waals surface area contributed by atoms with Crippen LogP contribution in [-0.4, -0.2) is 38.3 Å². The minimum atomic E-state index is -0.732. The standard InChI is InChI=1S/C22H22N2O6/c1-3-29-21(26)18-17(13-30-20(25)15-10-7-11-16(12-15)28-2)23-22(27)24-19(18)14-8-5-4-6-9-14/h4-12,19H,3,13H2,1-2H3,(H2,23,24,27)/t19-/m1/s1. The molecule has 30 heavy (non-hydrogen) atoms. The molecule has 0 saturated heterocycles. The van der Waals surface area contributed by atoms with Gasteiger partial charge in [0.15, 0.2) is 0 Å². The highest BCUT2D eigenvalue weighted by atomic mass is 16.5. The Bertz CT molecular complexity index is 971. The summed E-state index contributed by atoms with van der Waals surface area (Å²) >= 11 is 0. The van der Waals surface area contributed by atoms with E-state index >= 15 is 0 Å². The van der Waals surface area contributed by atoms with Crippen molar-refractivity contribution in [2.45, 2.75) is 13.0 Å². The van der Waals surface area contributed by atoms with E-state index in [0.29, 0.717) is 11.3 Å². The van der Waals surface area contributed by atoms with Gasteiger partial charge in [-0.15, -0.1) is 0 Å². The van der Waals surface area contributed by atoms with Crippen molar-refractivity contribution >= 4 is 18.0 Å². The normalized spacial score (nSPS) is 15.7. The number of amides is 2. The van der Waals surface area contributed by atoms with E-state index in [1.165, 1.54) is 13.2 Å². The summed E-state index contributed by atoms with van der Waals surface area (Å²) < 4.78 is 15.6. The van der Waals surface area contributed by atoms with Gasteiger partial charge in [-0.3, -0.25) is 0 Å². The van der Waals surface area contributed by atoms with Crippen LogP contribution >= 0.6 is 0 Å². The molecule has 1 aliphatic rings. The molecule has 0 unspecified atom stereocenters. The van der Waals surface area contributed by atoms with Crippen molar-refractivity contribution in [3.8, 4) is 5.75 Å². The van der Waals surface area contributed by atoms with Crippen molar-refractivity contribution in [1.29, 1.82) is 0 Å². The lowest BCUT2D eigenvalue weighted by atomic mass is 9.95. The number of esters is 2. The molecule has 0 aromatic heterocycles. The second-order valence-corrected chi connectivity index (χ2v) is 6.36. The molecular weight excluding hydrogens is 388 g/mol. The number of hydrogen-bond donors (Lipinski definition) is 2. The molecule has 2 aromatic carbocycles. The molecule has 3 rings (SSSR count). The number of ether oxygens (including phenoxy) is 3. The molecule has 1 aliphatic heterocycles. The molecule has 2 N–H and O–H groups in total. The first-order valence-corrected chi connectivity index (χ1v) is 9.37. The van der Waals surface area contributed by atoms with E-state index in [0.717, 1.165) is 0 Å². The molecule has 8 nitrogen and oxygen atoms in total. The van der Waals surface area contributed by atoms with Gasteiger partial charge >= 0.3 is 18.0 Å². The first-order valence-electron chi connectivity index (χ1n) is 9.37. The number of rotatable bonds is 7. The van der Waals surface area contributed by atoms with E-state index in [-0.39, 0.29) is 30.0 Å². The van der Waals surface area contributed by atoms with E-state index in [9.17, 15) is 14.4 Å². The van der Waals surface area contributed by atoms with Crippen molar-refractivity contribution < 1.29 is 28.6 Å². The smallest absolute Gasteiger partial charge is 0.338 e. The monoisotopic (exact) mass is 410 g/mol. The molecule has 1 heterocycles. The molecule has 2 aromatic rings. The van der Waals surface area contributed by atoms with Crippen molar-refractivity contribution in [1.82, 2.24) is 10.6 Å². The summed E-state index contributed by atoms with van der Waals surface area (Å²) in [5.41, 5.74) is 1.34. The molecule has 0 bridgehead atoms. The summed E-state index contributed by atoms with van der Waals surface area (Å²) in [6.07, 6.45) is 0. The molecule has 0 radical (unpaired) electrons. The third kappa shape index (κ3) is 4.78. The maximum absolute atomic E-state index is 12.7. The number of hydrogen-bond acceptors (Lipinski definition) is 6. The Balaban J connectivity index is 1.89. The number of urea groups is 1. The van der Waals surface area contributed by atoms with Crippen LogP contribution in [0, 0.1) is 0 Å². The highest BCUT2D eigenvalue weighted by Gasteiger charge is 2.34. The number of nitrogens with one attached hydrogen (secondary N) is 2. The summed E-state index contributed by atoms with van der Waals surface area (Å²) in [6.45, 7) is 1.54. The number of benzene rings is 2. The van der Waals surface area contributed by atoms with Crippen LogP contribution < -0.4 is 15.4 Å². The topological polar surface area (TPSA) is 103 Å². The van der Waals surface area contributed by atoms with Gasteiger partial charge < -0.3 is 24.8 Å². The molecule has 156 valence electrons. The van der Waals surface area contributed by atoms with Crippen LogP contribution in [0.5, 0.6) is 5.75 Å². The minimum absolute atomic E-state index is 0.161. The molecule has 0 saturated carbocycles. The average molecular weight is 410 g/mol. The Labute approximate surface area is 173 Å². The first kappa shape index (κ1) is 20.9. The van der Waals surface area contributed by atoms with Gasteiger partial charge in [0.05, 0.1) is 36.6 Å². The number of carbonyl (C=O) groups excluding carboxylic acids is 3. The van der Waals surface area contributed by atoms with E-state index in [1.54, 1.807) is 49.4 Å². The molecule has 1 atom stereocenters. The average Bonchev–Trinajstić information content (AvgIpc) is 2.77. The highest BCUT2D eigenvalue weighted by Crippen LogP contribution is 2.28. The van der Waals surface area contributed by atoms with Crippen molar-refractivity contribution in [2.24, 2.45) is 0 Å².